The summed E-state index contributed by atoms with van der Waals surface area (Å²) in [5.74, 6) is -0.0963. The van der Waals surface area contributed by atoms with Gasteiger partial charge >= 0.3 is 5.97 Å². The third-order valence-electron chi connectivity index (χ3n) is 6.26. The number of hydrogen-bond acceptors (Lipinski definition) is 8. The fourth-order valence-electron chi connectivity index (χ4n) is 4.23. The van der Waals surface area contributed by atoms with Gasteiger partial charge in [0.15, 0.2) is 5.11 Å². The Bertz CT molecular complexity index is 1440. The van der Waals surface area contributed by atoms with Crippen LogP contribution in [0.25, 0.3) is 0 Å². The van der Waals surface area contributed by atoms with Gasteiger partial charge in [0.2, 0.25) is 11.8 Å². The average Bonchev–Trinajstić information content (AvgIpc) is 3.29. The standard InChI is InChI=1S/C28H30N4O5S3/c1-16(25(34)31-26-24(27(35)37-4)20-12-13-32(17(2)33)15-23(20)40-26)39-19-9-7-8-18(14-19)29-28(38)30-21-10-5-6-11-22(21)36-3/h5-11,14,16H,12-13,15H2,1-4H3,(H,31,34)(H2,29,30,38). The molecule has 1 aromatic heterocycles. The maximum absolute atomic E-state index is 13.2. The lowest BCUT2D eigenvalue weighted by molar-refractivity contribution is -0.129. The Balaban J connectivity index is 1.42. The summed E-state index contributed by atoms with van der Waals surface area (Å²) < 4.78 is 10.4. The van der Waals surface area contributed by atoms with Crippen LogP contribution in [0.3, 0.4) is 0 Å². The van der Waals surface area contributed by atoms with Gasteiger partial charge in [0, 0.05) is 28.9 Å². The number of para-hydroxylation sites is 2. The molecule has 3 aromatic rings. The molecule has 1 unspecified atom stereocenters. The van der Waals surface area contributed by atoms with E-state index in [1.807, 2.05) is 48.5 Å². The number of carbonyl (C=O) groups is 3. The summed E-state index contributed by atoms with van der Waals surface area (Å²) in [6, 6.07) is 15.1. The molecular weight excluding hydrogens is 569 g/mol. The molecule has 4 rings (SSSR count). The van der Waals surface area contributed by atoms with E-state index < -0.39 is 11.2 Å². The lowest BCUT2D eigenvalue weighted by Gasteiger charge is -2.25. The van der Waals surface area contributed by atoms with Crippen molar-refractivity contribution in [1.82, 2.24) is 4.90 Å². The molecule has 1 aliphatic heterocycles. The molecule has 0 aliphatic carbocycles. The second-order valence-corrected chi connectivity index (χ2v) is 11.9. The minimum atomic E-state index is -0.499. The highest BCUT2D eigenvalue weighted by molar-refractivity contribution is 8.00. The summed E-state index contributed by atoms with van der Waals surface area (Å²) in [5.41, 5.74) is 2.72. The molecule has 0 spiro atoms. The third kappa shape index (κ3) is 6.93. The molecule has 12 heteroatoms. The minimum absolute atomic E-state index is 0.0256. The summed E-state index contributed by atoms with van der Waals surface area (Å²) in [6.45, 7) is 4.26. The predicted molar refractivity (Wildman–Crippen MR) is 164 cm³/mol. The van der Waals surface area contributed by atoms with Crippen LogP contribution < -0.4 is 20.7 Å². The topological polar surface area (TPSA) is 109 Å². The fraction of sp³-hybridized carbons (Fsp3) is 0.286. The van der Waals surface area contributed by atoms with Crippen LogP contribution in [-0.2, 0) is 27.3 Å². The summed E-state index contributed by atoms with van der Waals surface area (Å²) in [5, 5.41) is 9.60. The average molecular weight is 599 g/mol. The van der Waals surface area contributed by atoms with E-state index in [1.165, 1.54) is 37.1 Å². The number of fused-ring (bicyclic) bond motifs is 1. The van der Waals surface area contributed by atoms with Crippen molar-refractivity contribution in [3.8, 4) is 5.75 Å². The number of esters is 1. The highest BCUT2D eigenvalue weighted by atomic mass is 32.2. The van der Waals surface area contributed by atoms with Crippen molar-refractivity contribution in [3.63, 3.8) is 0 Å². The first kappa shape index (κ1) is 29.4. The maximum atomic E-state index is 13.2. The zero-order chi connectivity index (χ0) is 28.8. The number of methoxy groups -OCH3 is 2. The van der Waals surface area contributed by atoms with Gasteiger partial charge < -0.3 is 30.3 Å². The molecule has 0 radical (unpaired) electrons. The van der Waals surface area contributed by atoms with E-state index in [0.717, 1.165) is 26.7 Å². The quantitative estimate of drug-likeness (QED) is 0.179. The number of rotatable bonds is 8. The van der Waals surface area contributed by atoms with Gasteiger partial charge in [0.05, 0.1) is 37.3 Å². The normalized spacial score (nSPS) is 13.1. The first-order chi connectivity index (χ1) is 19.2. The Morgan fingerprint density at radius 3 is 2.58 bits per heavy atom. The number of amides is 2. The Morgan fingerprint density at radius 2 is 1.85 bits per heavy atom. The van der Waals surface area contributed by atoms with Crippen LogP contribution in [0.2, 0.25) is 0 Å². The van der Waals surface area contributed by atoms with Crippen LogP contribution in [0.4, 0.5) is 16.4 Å². The molecule has 3 N–H and O–H groups in total. The molecule has 1 aliphatic rings. The van der Waals surface area contributed by atoms with Crippen LogP contribution in [0.15, 0.2) is 53.4 Å². The molecule has 9 nitrogen and oxygen atoms in total. The van der Waals surface area contributed by atoms with E-state index in [0.29, 0.717) is 40.9 Å². The van der Waals surface area contributed by atoms with Crippen molar-refractivity contribution in [2.75, 3.05) is 36.7 Å². The number of thiophene rings is 1. The van der Waals surface area contributed by atoms with E-state index in [4.69, 9.17) is 21.7 Å². The number of carbonyl (C=O) groups excluding carboxylic acids is 3. The third-order valence-corrected chi connectivity index (χ3v) is 8.69. The number of thioether (sulfide) groups is 1. The van der Waals surface area contributed by atoms with Gasteiger partial charge in [-0.25, -0.2) is 4.79 Å². The summed E-state index contributed by atoms with van der Waals surface area (Å²) >= 11 is 8.16. The SMILES string of the molecule is COC(=O)c1c(NC(=O)C(C)Sc2cccc(NC(=S)Nc3ccccc3OC)c2)sc2c1CCN(C(C)=O)C2. The molecule has 2 aromatic carbocycles. The molecule has 2 heterocycles. The van der Waals surface area contributed by atoms with Crippen LogP contribution >= 0.6 is 35.3 Å². The summed E-state index contributed by atoms with van der Waals surface area (Å²) in [4.78, 5) is 41.2. The van der Waals surface area contributed by atoms with E-state index >= 15 is 0 Å². The number of ether oxygens (including phenoxy) is 2. The highest BCUT2D eigenvalue weighted by Crippen LogP contribution is 2.38. The molecule has 0 saturated heterocycles. The van der Waals surface area contributed by atoms with Crippen molar-refractivity contribution in [1.29, 1.82) is 0 Å². The number of benzene rings is 2. The van der Waals surface area contributed by atoms with Gasteiger partial charge in [-0.1, -0.05) is 18.2 Å². The first-order valence-corrected chi connectivity index (χ1v) is 14.6. The largest absolute Gasteiger partial charge is 0.495 e. The van der Waals surface area contributed by atoms with Crippen molar-refractivity contribution in [3.05, 3.63) is 64.5 Å². The Morgan fingerprint density at radius 1 is 1.07 bits per heavy atom. The Labute approximate surface area is 246 Å². The smallest absolute Gasteiger partial charge is 0.341 e. The van der Waals surface area contributed by atoms with Crippen LogP contribution in [-0.4, -0.2) is 53.8 Å². The highest BCUT2D eigenvalue weighted by Gasteiger charge is 2.30. The molecular formula is C28H30N4O5S3. The van der Waals surface area contributed by atoms with E-state index in [-0.39, 0.29) is 11.8 Å². The summed E-state index contributed by atoms with van der Waals surface area (Å²) in [6.07, 6.45) is 0.531. The zero-order valence-electron chi connectivity index (χ0n) is 22.5. The fourth-order valence-corrected chi connectivity index (χ4v) is 6.64. The Kier molecular flexibility index (Phi) is 9.67. The molecule has 2 amide bonds. The number of anilines is 3. The number of hydrogen-bond donors (Lipinski definition) is 3. The molecule has 40 heavy (non-hydrogen) atoms. The number of nitrogens with zero attached hydrogens (tertiary/aromatic N) is 1. The van der Waals surface area contributed by atoms with Gasteiger partial charge in [-0.3, -0.25) is 9.59 Å². The number of thiocarbonyl (C=S) groups is 1. The monoisotopic (exact) mass is 598 g/mol. The van der Waals surface area contributed by atoms with Gasteiger partial charge in [-0.15, -0.1) is 23.1 Å². The second-order valence-electron chi connectivity index (χ2n) is 8.95. The van der Waals surface area contributed by atoms with E-state index in [1.54, 1.807) is 18.9 Å². The van der Waals surface area contributed by atoms with Crippen LogP contribution in [0.5, 0.6) is 5.75 Å². The minimum Gasteiger partial charge on any atom is -0.495 e. The Hall–Kier alpha value is -3.61. The molecule has 0 fully saturated rings. The number of nitrogens with one attached hydrogen (secondary N) is 3. The predicted octanol–water partition coefficient (Wildman–Crippen LogP) is 5.38. The van der Waals surface area contributed by atoms with Crippen molar-refractivity contribution in [2.24, 2.45) is 0 Å². The molecule has 1 atom stereocenters. The van der Waals surface area contributed by atoms with Crippen molar-refractivity contribution < 1.29 is 23.9 Å². The maximum Gasteiger partial charge on any atom is 0.341 e. The first-order valence-electron chi connectivity index (χ1n) is 12.5. The summed E-state index contributed by atoms with van der Waals surface area (Å²) in [7, 11) is 2.92. The molecule has 210 valence electrons. The second kappa shape index (κ2) is 13.2. The van der Waals surface area contributed by atoms with Gasteiger partial charge in [0.1, 0.15) is 10.8 Å². The van der Waals surface area contributed by atoms with E-state index in [2.05, 4.69) is 16.0 Å². The van der Waals surface area contributed by atoms with Gasteiger partial charge in [-0.2, -0.15) is 0 Å². The lowest BCUT2D eigenvalue weighted by Crippen LogP contribution is -2.33. The van der Waals surface area contributed by atoms with Crippen molar-refractivity contribution in [2.45, 2.75) is 37.0 Å². The van der Waals surface area contributed by atoms with Gasteiger partial charge in [-0.05, 0) is 61.5 Å². The van der Waals surface area contributed by atoms with E-state index in [9.17, 15) is 14.4 Å². The van der Waals surface area contributed by atoms with Gasteiger partial charge in [0.25, 0.3) is 0 Å². The molecule has 0 bridgehead atoms. The molecule has 0 saturated carbocycles. The van der Waals surface area contributed by atoms with Crippen molar-refractivity contribution >= 4 is 74.6 Å². The van der Waals surface area contributed by atoms with Crippen LogP contribution in [0, 0.1) is 0 Å². The lowest BCUT2D eigenvalue weighted by atomic mass is 10.0. The van der Waals surface area contributed by atoms with Crippen LogP contribution in [0.1, 0.15) is 34.6 Å². The zero-order valence-corrected chi connectivity index (χ0v) is 25.0.